The highest BCUT2D eigenvalue weighted by Gasteiger charge is 2.09. The molecule has 5 amide bonds. The van der Waals surface area contributed by atoms with Crippen LogP contribution in [-0.4, -0.2) is 24.5 Å². The summed E-state index contributed by atoms with van der Waals surface area (Å²) in [6.07, 6.45) is 0. The molecule has 0 saturated heterocycles. The average molecular weight is 449 g/mol. The Balaban J connectivity index is 1.71. The van der Waals surface area contributed by atoms with E-state index < -0.39 is 30.3 Å². The zero-order chi connectivity index (χ0) is 20.7. The predicted octanol–water partition coefficient (Wildman–Crippen LogP) is 3.76. The third-order valence-electron chi connectivity index (χ3n) is 3.08. The first-order valence-corrected chi connectivity index (χ1v) is 8.69. The quantitative estimate of drug-likeness (QED) is 0.459. The molecule has 0 atom stereocenters. The SMILES string of the molecule is O=C(CNC(=O)Nc1ccc(Cl)c(Cl)c1)NNC(=O)Nc1ccc(F)c(Cl)c1. The Kier molecular flexibility index (Phi) is 7.68. The molecule has 2 rings (SSSR count). The molecule has 0 aliphatic rings. The van der Waals surface area contributed by atoms with E-state index in [0.717, 1.165) is 6.07 Å². The van der Waals surface area contributed by atoms with Gasteiger partial charge < -0.3 is 16.0 Å². The summed E-state index contributed by atoms with van der Waals surface area (Å²) < 4.78 is 13.0. The third kappa shape index (κ3) is 6.76. The number of carbonyl (C=O) groups is 3. The Morgan fingerprint density at radius 1 is 0.786 bits per heavy atom. The first kappa shape index (κ1) is 21.5. The summed E-state index contributed by atoms with van der Waals surface area (Å²) >= 11 is 17.2. The lowest BCUT2D eigenvalue weighted by atomic mass is 10.3. The topological polar surface area (TPSA) is 111 Å². The van der Waals surface area contributed by atoms with Crippen molar-refractivity contribution in [1.29, 1.82) is 0 Å². The van der Waals surface area contributed by atoms with Gasteiger partial charge in [0.1, 0.15) is 12.4 Å². The highest BCUT2D eigenvalue weighted by Crippen LogP contribution is 2.24. The van der Waals surface area contributed by atoms with Crippen LogP contribution in [-0.2, 0) is 4.79 Å². The van der Waals surface area contributed by atoms with Crippen LogP contribution in [0.15, 0.2) is 36.4 Å². The van der Waals surface area contributed by atoms with Gasteiger partial charge in [-0.2, -0.15) is 0 Å². The van der Waals surface area contributed by atoms with Gasteiger partial charge in [0.2, 0.25) is 0 Å². The molecule has 5 N–H and O–H groups in total. The van der Waals surface area contributed by atoms with Crippen molar-refractivity contribution in [2.45, 2.75) is 0 Å². The van der Waals surface area contributed by atoms with E-state index in [4.69, 9.17) is 34.8 Å². The Morgan fingerprint density at radius 3 is 2.04 bits per heavy atom. The second kappa shape index (κ2) is 9.98. The summed E-state index contributed by atoms with van der Waals surface area (Å²) in [6.45, 7) is -0.421. The highest BCUT2D eigenvalue weighted by atomic mass is 35.5. The van der Waals surface area contributed by atoms with Crippen molar-refractivity contribution in [1.82, 2.24) is 16.2 Å². The Morgan fingerprint density at radius 2 is 1.39 bits per heavy atom. The zero-order valence-electron chi connectivity index (χ0n) is 13.9. The minimum atomic E-state index is -0.795. The van der Waals surface area contributed by atoms with E-state index in [2.05, 4.69) is 26.8 Å². The highest BCUT2D eigenvalue weighted by molar-refractivity contribution is 6.42. The first-order chi connectivity index (χ1) is 13.2. The van der Waals surface area contributed by atoms with Gasteiger partial charge in [-0.25, -0.2) is 19.4 Å². The number of hydrogen-bond donors (Lipinski definition) is 5. The zero-order valence-corrected chi connectivity index (χ0v) is 16.2. The molecule has 0 radical (unpaired) electrons. The Hall–Kier alpha value is -2.75. The minimum Gasteiger partial charge on any atom is -0.329 e. The van der Waals surface area contributed by atoms with Gasteiger partial charge in [0, 0.05) is 11.4 Å². The fraction of sp³-hybridized carbons (Fsp3) is 0.0625. The number of hydrogen-bond acceptors (Lipinski definition) is 3. The fourth-order valence-electron chi connectivity index (χ4n) is 1.82. The summed E-state index contributed by atoms with van der Waals surface area (Å²) in [5.74, 6) is -1.33. The average Bonchev–Trinajstić information content (AvgIpc) is 2.64. The van der Waals surface area contributed by atoms with Gasteiger partial charge in [0.05, 0.1) is 15.1 Å². The second-order valence-electron chi connectivity index (χ2n) is 5.19. The normalized spacial score (nSPS) is 10.0. The van der Waals surface area contributed by atoms with Gasteiger partial charge >= 0.3 is 12.1 Å². The summed E-state index contributed by atoms with van der Waals surface area (Å²) in [6, 6.07) is 6.58. The van der Waals surface area contributed by atoms with Crippen LogP contribution < -0.4 is 26.8 Å². The molecule has 0 aliphatic carbocycles. The van der Waals surface area contributed by atoms with Gasteiger partial charge in [-0.05, 0) is 36.4 Å². The molecule has 0 aromatic heterocycles. The van der Waals surface area contributed by atoms with Crippen molar-refractivity contribution in [3.63, 3.8) is 0 Å². The molecule has 148 valence electrons. The van der Waals surface area contributed by atoms with Crippen molar-refractivity contribution in [2.24, 2.45) is 0 Å². The predicted molar refractivity (Wildman–Crippen MR) is 105 cm³/mol. The molecular formula is C16H13Cl3FN5O3. The van der Waals surface area contributed by atoms with E-state index in [1.807, 2.05) is 0 Å². The van der Waals surface area contributed by atoms with Crippen molar-refractivity contribution in [3.05, 3.63) is 57.3 Å². The minimum absolute atomic E-state index is 0.168. The van der Waals surface area contributed by atoms with Crippen molar-refractivity contribution >= 4 is 64.1 Å². The number of amides is 5. The summed E-state index contributed by atoms with van der Waals surface area (Å²) in [5, 5.41) is 7.50. The number of hydrazine groups is 1. The molecular weight excluding hydrogens is 436 g/mol. The number of benzene rings is 2. The van der Waals surface area contributed by atoms with Crippen LogP contribution in [0.3, 0.4) is 0 Å². The van der Waals surface area contributed by atoms with E-state index in [0.29, 0.717) is 10.7 Å². The molecule has 12 heteroatoms. The first-order valence-electron chi connectivity index (χ1n) is 7.55. The monoisotopic (exact) mass is 447 g/mol. The molecule has 2 aromatic rings. The molecule has 28 heavy (non-hydrogen) atoms. The van der Waals surface area contributed by atoms with Crippen LogP contribution in [0.5, 0.6) is 0 Å². The van der Waals surface area contributed by atoms with E-state index in [1.54, 1.807) is 0 Å². The van der Waals surface area contributed by atoms with E-state index >= 15 is 0 Å². The lowest BCUT2D eigenvalue weighted by Gasteiger charge is -2.11. The molecule has 0 unspecified atom stereocenters. The van der Waals surface area contributed by atoms with Crippen LogP contribution in [0, 0.1) is 5.82 Å². The lowest BCUT2D eigenvalue weighted by Crippen LogP contribution is -2.48. The fourth-order valence-corrected chi connectivity index (χ4v) is 2.30. The number of halogens is 4. The Labute approximate surface area is 173 Å². The molecule has 0 saturated carbocycles. The van der Waals surface area contributed by atoms with Gasteiger partial charge in [-0.3, -0.25) is 10.2 Å². The summed E-state index contributed by atoms with van der Waals surface area (Å²) in [4.78, 5) is 35.0. The molecule has 0 spiro atoms. The number of anilines is 2. The van der Waals surface area contributed by atoms with Crippen molar-refractivity contribution < 1.29 is 18.8 Å². The molecule has 8 nitrogen and oxygen atoms in total. The summed E-state index contributed by atoms with van der Waals surface area (Å²) in [5.41, 5.74) is 4.73. The number of carbonyl (C=O) groups excluding carboxylic acids is 3. The van der Waals surface area contributed by atoms with Crippen LogP contribution in [0.4, 0.5) is 25.4 Å². The smallest absolute Gasteiger partial charge is 0.329 e. The molecule has 0 fully saturated rings. The molecule has 0 bridgehead atoms. The van der Waals surface area contributed by atoms with Gasteiger partial charge in [0.15, 0.2) is 0 Å². The maximum atomic E-state index is 13.0. The lowest BCUT2D eigenvalue weighted by molar-refractivity contribution is -0.120. The van der Waals surface area contributed by atoms with Gasteiger partial charge in [0.25, 0.3) is 5.91 Å². The summed E-state index contributed by atoms with van der Waals surface area (Å²) in [7, 11) is 0. The van der Waals surface area contributed by atoms with Crippen LogP contribution >= 0.6 is 34.8 Å². The van der Waals surface area contributed by atoms with Crippen LogP contribution in [0.25, 0.3) is 0 Å². The van der Waals surface area contributed by atoms with Gasteiger partial charge in [-0.1, -0.05) is 34.8 Å². The van der Waals surface area contributed by atoms with E-state index in [9.17, 15) is 18.8 Å². The van der Waals surface area contributed by atoms with E-state index in [1.165, 1.54) is 30.3 Å². The third-order valence-corrected chi connectivity index (χ3v) is 4.11. The van der Waals surface area contributed by atoms with Crippen molar-refractivity contribution in [2.75, 3.05) is 17.2 Å². The standard InChI is InChI=1S/C16H13Cl3FN5O3/c17-10-3-1-8(5-11(10)18)22-15(27)21-7-14(26)24-25-16(28)23-9-2-4-13(20)12(19)6-9/h1-6H,7H2,(H,24,26)(H2,21,22,27)(H2,23,25,28). The maximum Gasteiger partial charge on any atom is 0.337 e. The number of rotatable bonds is 4. The number of urea groups is 2. The Bertz CT molecular complexity index is 842. The van der Waals surface area contributed by atoms with Crippen LogP contribution in [0.2, 0.25) is 15.1 Å². The van der Waals surface area contributed by atoms with Crippen molar-refractivity contribution in [3.8, 4) is 0 Å². The largest absolute Gasteiger partial charge is 0.337 e. The molecule has 0 heterocycles. The van der Waals surface area contributed by atoms with E-state index in [-0.39, 0.29) is 15.7 Å². The maximum absolute atomic E-state index is 13.0. The molecule has 0 aliphatic heterocycles. The number of nitrogens with one attached hydrogen (secondary N) is 5. The molecule has 2 aromatic carbocycles. The van der Waals surface area contributed by atoms with Gasteiger partial charge in [-0.15, -0.1) is 0 Å². The second-order valence-corrected chi connectivity index (χ2v) is 6.41. The van der Waals surface area contributed by atoms with Crippen LogP contribution in [0.1, 0.15) is 0 Å².